The predicted molar refractivity (Wildman–Crippen MR) is 82.8 cm³/mol. The van der Waals surface area contributed by atoms with Crippen molar-refractivity contribution in [3.8, 4) is 5.75 Å². The first-order valence-electron chi connectivity index (χ1n) is 6.90. The summed E-state index contributed by atoms with van der Waals surface area (Å²) >= 11 is 9.59. The molecule has 0 aliphatic heterocycles. The minimum absolute atomic E-state index is 0.0549. The maximum absolute atomic E-state index is 12.3. The first kappa shape index (κ1) is 16.6. The van der Waals surface area contributed by atoms with Crippen LogP contribution in [0.5, 0.6) is 5.75 Å². The van der Waals surface area contributed by atoms with Crippen LogP contribution in [-0.4, -0.2) is 25.9 Å². The number of carbonyl (C=O) groups excluding carboxylic acids is 1. The first-order chi connectivity index (χ1) is 10.0. The standard InChI is InChI=1S/C15H17BrClFO3/c1-2-20-14(19)15(4-3-5-15)10-8-11(16)13(12(17)9-10)21-7-6-18/h8-9H,2-7H2,1H3. The van der Waals surface area contributed by atoms with Crippen LogP contribution in [0.2, 0.25) is 5.02 Å². The Balaban J connectivity index is 2.33. The molecule has 1 aromatic carbocycles. The number of halogens is 3. The van der Waals surface area contributed by atoms with Gasteiger partial charge in [-0.3, -0.25) is 4.79 Å². The van der Waals surface area contributed by atoms with Crippen LogP contribution in [0.3, 0.4) is 0 Å². The van der Waals surface area contributed by atoms with E-state index >= 15 is 0 Å². The van der Waals surface area contributed by atoms with E-state index in [-0.39, 0.29) is 12.6 Å². The zero-order valence-corrected chi connectivity index (χ0v) is 14.1. The molecule has 3 nitrogen and oxygen atoms in total. The van der Waals surface area contributed by atoms with E-state index in [1.807, 2.05) is 6.07 Å². The Morgan fingerprint density at radius 2 is 2.19 bits per heavy atom. The van der Waals surface area contributed by atoms with Crippen molar-refractivity contribution in [1.82, 2.24) is 0 Å². The summed E-state index contributed by atoms with van der Waals surface area (Å²) in [5, 5.41) is 0.364. The van der Waals surface area contributed by atoms with Crippen molar-refractivity contribution in [2.75, 3.05) is 19.9 Å². The Kier molecular flexibility index (Phi) is 5.49. The van der Waals surface area contributed by atoms with Gasteiger partial charge < -0.3 is 9.47 Å². The van der Waals surface area contributed by atoms with Gasteiger partial charge in [-0.05, 0) is 53.4 Å². The van der Waals surface area contributed by atoms with E-state index in [9.17, 15) is 9.18 Å². The second-order valence-electron chi connectivity index (χ2n) is 4.96. The van der Waals surface area contributed by atoms with Crippen molar-refractivity contribution in [3.63, 3.8) is 0 Å². The van der Waals surface area contributed by atoms with Gasteiger partial charge in [0.25, 0.3) is 0 Å². The van der Waals surface area contributed by atoms with Crippen LogP contribution in [0.1, 0.15) is 31.7 Å². The molecule has 6 heteroatoms. The number of esters is 1. The van der Waals surface area contributed by atoms with Crippen molar-refractivity contribution in [2.45, 2.75) is 31.6 Å². The molecule has 1 saturated carbocycles. The average Bonchev–Trinajstić information content (AvgIpc) is 2.37. The molecule has 1 aromatic rings. The number of rotatable bonds is 6. The van der Waals surface area contributed by atoms with E-state index in [1.54, 1.807) is 13.0 Å². The van der Waals surface area contributed by atoms with Crippen LogP contribution in [0, 0.1) is 0 Å². The minimum atomic E-state index is -0.610. The third kappa shape index (κ3) is 3.19. The van der Waals surface area contributed by atoms with Crippen molar-refractivity contribution < 1.29 is 18.7 Å². The molecule has 0 aromatic heterocycles. The topological polar surface area (TPSA) is 35.5 Å². The van der Waals surface area contributed by atoms with E-state index in [0.717, 1.165) is 24.8 Å². The monoisotopic (exact) mass is 378 g/mol. The molecule has 0 saturated heterocycles. The molecule has 0 unspecified atom stereocenters. The quantitative estimate of drug-likeness (QED) is 0.686. The summed E-state index contributed by atoms with van der Waals surface area (Å²) in [5.74, 6) is 0.188. The normalized spacial score (nSPS) is 16.2. The summed E-state index contributed by atoms with van der Waals surface area (Å²) in [6, 6.07) is 3.53. The molecule has 0 atom stereocenters. The summed E-state index contributed by atoms with van der Waals surface area (Å²) in [7, 11) is 0. The number of carbonyl (C=O) groups is 1. The van der Waals surface area contributed by atoms with E-state index in [4.69, 9.17) is 21.1 Å². The lowest BCUT2D eigenvalue weighted by Crippen LogP contribution is -2.43. The number of ether oxygens (including phenoxy) is 2. The fraction of sp³-hybridized carbons (Fsp3) is 0.533. The lowest BCUT2D eigenvalue weighted by Gasteiger charge is -2.39. The van der Waals surface area contributed by atoms with Crippen LogP contribution < -0.4 is 4.74 Å². The Morgan fingerprint density at radius 1 is 1.48 bits per heavy atom. The highest BCUT2D eigenvalue weighted by Gasteiger charge is 2.47. The molecular weight excluding hydrogens is 363 g/mol. The highest BCUT2D eigenvalue weighted by molar-refractivity contribution is 9.10. The number of hydrogen-bond acceptors (Lipinski definition) is 3. The molecule has 0 radical (unpaired) electrons. The molecule has 2 rings (SSSR count). The van der Waals surface area contributed by atoms with Crippen LogP contribution in [0.15, 0.2) is 16.6 Å². The fourth-order valence-corrected chi connectivity index (χ4v) is 3.49. The second kappa shape index (κ2) is 6.97. The van der Waals surface area contributed by atoms with Crippen molar-refractivity contribution in [3.05, 3.63) is 27.2 Å². The van der Waals surface area contributed by atoms with Gasteiger partial charge in [0.05, 0.1) is 21.5 Å². The van der Waals surface area contributed by atoms with Gasteiger partial charge in [0.2, 0.25) is 0 Å². The molecule has 21 heavy (non-hydrogen) atoms. The molecule has 0 amide bonds. The zero-order chi connectivity index (χ0) is 15.5. The van der Waals surface area contributed by atoms with E-state index < -0.39 is 12.1 Å². The average molecular weight is 380 g/mol. The van der Waals surface area contributed by atoms with E-state index in [2.05, 4.69) is 15.9 Å². The summed E-state index contributed by atoms with van der Waals surface area (Å²) in [4.78, 5) is 12.3. The number of hydrogen-bond donors (Lipinski definition) is 0. The molecule has 0 N–H and O–H groups in total. The SMILES string of the molecule is CCOC(=O)C1(c2cc(Cl)c(OCCF)c(Br)c2)CCC1. The maximum Gasteiger partial charge on any atom is 0.316 e. The molecule has 0 spiro atoms. The van der Waals surface area contributed by atoms with Gasteiger partial charge in [-0.25, -0.2) is 4.39 Å². The molecule has 1 aliphatic rings. The van der Waals surface area contributed by atoms with Crippen LogP contribution in [0.25, 0.3) is 0 Å². The van der Waals surface area contributed by atoms with Gasteiger partial charge in [-0.2, -0.15) is 0 Å². The summed E-state index contributed by atoms with van der Waals surface area (Å²) < 4.78 is 23.3. The zero-order valence-electron chi connectivity index (χ0n) is 11.8. The Labute approximate surface area is 136 Å². The third-order valence-electron chi connectivity index (χ3n) is 3.75. The van der Waals surface area contributed by atoms with Crippen molar-refractivity contribution in [2.24, 2.45) is 0 Å². The largest absolute Gasteiger partial charge is 0.488 e. The van der Waals surface area contributed by atoms with Gasteiger partial charge >= 0.3 is 5.97 Å². The van der Waals surface area contributed by atoms with Gasteiger partial charge in [-0.1, -0.05) is 18.0 Å². The van der Waals surface area contributed by atoms with Gasteiger partial charge in [0.1, 0.15) is 13.3 Å². The van der Waals surface area contributed by atoms with Crippen molar-refractivity contribution in [1.29, 1.82) is 0 Å². The van der Waals surface area contributed by atoms with Crippen LogP contribution >= 0.6 is 27.5 Å². The lowest BCUT2D eigenvalue weighted by atomic mass is 9.64. The number of benzene rings is 1. The highest BCUT2D eigenvalue weighted by atomic mass is 79.9. The molecule has 0 heterocycles. The smallest absolute Gasteiger partial charge is 0.316 e. The Bertz CT molecular complexity index is 509. The molecule has 116 valence electrons. The Morgan fingerprint density at radius 3 is 2.67 bits per heavy atom. The summed E-state index contributed by atoms with van der Waals surface area (Å²) in [6.45, 7) is 1.51. The van der Waals surface area contributed by atoms with E-state index in [0.29, 0.717) is 21.9 Å². The lowest BCUT2D eigenvalue weighted by molar-refractivity contribution is -0.153. The van der Waals surface area contributed by atoms with E-state index in [1.165, 1.54) is 0 Å². The van der Waals surface area contributed by atoms with Crippen LogP contribution in [-0.2, 0) is 14.9 Å². The predicted octanol–water partition coefficient (Wildman–Crippen LogP) is 4.44. The van der Waals surface area contributed by atoms with Crippen LogP contribution in [0.4, 0.5) is 4.39 Å². The van der Waals surface area contributed by atoms with Crippen molar-refractivity contribution >= 4 is 33.5 Å². The van der Waals surface area contributed by atoms with Gasteiger partial charge in [0.15, 0.2) is 5.75 Å². The minimum Gasteiger partial charge on any atom is -0.488 e. The third-order valence-corrected chi connectivity index (χ3v) is 4.62. The molecule has 1 fully saturated rings. The fourth-order valence-electron chi connectivity index (χ4n) is 2.52. The van der Waals surface area contributed by atoms with Gasteiger partial charge in [0, 0.05) is 0 Å². The first-order valence-corrected chi connectivity index (χ1v) is 8.07. The second-order valence-corrected chi connectivity index (χ2v) is 6.22. The number of alkyl halides is 1. The summed E-state index contributed by atoms with van der Waals surface area (Å²) in [6.07, 6.45) is 2.48. The summed E-state index contributed by atoms with van der Waals surface area (Å²) in [5.41, 5.74) is 0.206. The highest BCUT2D eigenvalue weighted by Crippen LogP contribution is 2.48. The molecular formula is C15H17BrClFO3. The van der Waals surface area contributed by atoms with Gasteiger partial charge in [-0.15, -0.1) is 0 Å². The Hall–Kier alpha value is -0.810. The maximum atomic E-state index is 12.3. The molecule has 1 aliphatic carbocycles. The molecule has 0 bridgehead atoms.